The van der Waals surface area contributed by atoms with Crippen LogP contribution < -0.4 is 10.6 Å². The van der Waals surface area contributed by atoms with Gasteiger partial charge in [0.15, 0.2) is 5.82 Å². The van der Waals surface area contributed by atoms with Gasteiger partial charge in [-0.25, -0.2) is 9.18 Å². The van der Waals surface area contributed by atoms with Gasteiger partial charge in [-0.3, -0.25) is 14.8 Å². The molecular formula is C22H30FN5O2. The van der Waals surface area contributed by atoms with Crippen molar-refractivity contribution in [2.24, 2.45) is 0 Å². The number of halogens is 1. The number of benzene rings is 1. The van der Waals surface area contributed by atoms with E-state index in [0.717, 1.165) is 31.9 Å². The van der Waals surface area contributed by atoms with E-state index in [-0.39, 0.29) is 5.69 Å². The first-order valence-electron chi connectivity index (χ1n) is 10.2. The lowest BCUT2D eigenvalue weighted by Crippen LogP contribution is -2.52. The fraction of sp³-hybridized carbons (Fsp3) is 0.455. The van der Waals surface area contributed by atoms with Gasteiger partial charge in [-0.2, -0.15) is 0 Å². The van der Waals surface area contributed by atoms with E-state index in [4.69, 9.17) is 4.74 Å². The molecule has 2 N–H and O–H groups in total. The average molecular weight is 416 g/mol. The number of rotatable bonds is 7. The standard InChI is InChI=1S/C22H30FN5O2/c1-16-7-8-19(13-24-16)25-22(29)26-20-6-4-5-18(21(20)23)15-27-9-10-28(11-12-30-3)17(2)14-27/h4-8,13,17H,9-12,14-15H2,1-3H3,(H2,25,26,29)/t17-/m1/s1. The van der Waals surface area contributed by atoms with Crippen molar-refractivity contribution in [1.82, 2.24) is 14.8 Å². The Hall–Kier alpha value is -2.55. The van der Waals surface area contributed by atoms with E-state index in [1.54, 1.807) is 43.6 Å². The number of anilines is 2. The maximum atomic E-state index is 15.0. The van der Waals surface area contributed by atoms with Gasteiger partial charge in [-0.1, -0.05) is 12.1 Å². The number of carbonyl (C=O) groups is 1. The molecule has 7 nitrogen and oxygen atoms in total. The summed E-state index contributed by atoms with van der Waals surface area (Å²) in [5, 5.41) is 5.26. The highest BCUT2D eigenvalue weighted by atomic mass is 19.1. The Labute approximate surface area is 177 Å². The molecule has 0 saturated carbocycles. The Morgan fingerprint density at radius 1 is 1.27 bits per heavy atom. The van der Waals surface area contributed by atoms with Crippen LogP contribution in [0.4, 0.5) is 20.6 Å². The number of methoxy groups -OCH3 is 1. The number of urea groups is 1. The molecule has 1 aliphatic heterocycles. The number of pyridine rings is 1. The molecule has 2 aromatic rings. The second-order valence-corrected chi connectivity index (χ2v) is 7.66. The molecule has 1 aromatic heterocycles. The first-order valence-corrected chi connectivity index (χ1v) is 10.2. The molecule has 162 valence electrons. The van der Waals surface area contributed by atoms with E-state index >= 15 is 4.39 Å². The van der Waals surface area contributed by atoms with E-state index in [0.29, 0.717) is 30.4 Å². The van der Waals surface area contributed by atoms with Gasteiger partial charge >= 0.3 is 6.03 Å². The van der Waals surface area contributed by atoms with Gasteiger partial charge in [0.2, 0.25) is 0 Å². The van der Waals surface area contributed by atoms with Crippen molar-refractivity contribution in [1.29, 1.82) is 0 Å². The summed E-state index contributed by atoms with van der Waals surface area (Å²) in [5.41, 5.74) is 2.14. The molecule has 0 radical (unpaired) electrons. The van der Waals surface area contributed by atoms with E-state index in [1.807, 2.05) is 6.92 Å². The molecule has 1 saturated heterocycles. The number of carbonyl (C=O) groups excluding carboxylic acids is 1. The first kappa shape index (κ1) is 22.1. The van der Waals surface area contributed by atoms with Crippen molar-refractivity contribution < 1.29 is 13.9 Å². The highest BCUT2D eigenvalue weighted by molar-refractivity contribution is 5.99. The number of aromatic nitrogens is 1. The van der Waals surface area contributed by atoms with Gasteiger partial charge in [0.25, 0.3) is 0 Å². The molecule has 0 spiro atoms. The van der Waals surface area contributed by atoms with Crippen LogP contribution in [0.1, 0.15) is 18.2 Å². The van der Waals surface area contributed by atoms with Crippen LogP contribution in [0.15, 0.2) is 36.5 Å². The highest BCUT2D eigenvalue weighted by Gasteiger charge is 2.24. The molecule has 1 aliphatic rings. The molecule has 1 aromatic carbocycles. The minimum atomic E-state index is -0.503. The van der Waals surface area contributed by atoms with E-state index < -0.39 is 11.8 Å². The summed E-state index contributed by atoms with van der Waals surface area (Å²) < 4.78 is 20.2. The third kappa shape index (κ3) is 5.98. The van der Waals surface area contributed by atoms with Crippen molar-refractivity contribution in [3.63, 3.8) is 0 Å². The zero-order valence-corrected chi connectivity index (χ0v) is 17.8. The maximum absolute atomic E-state index is 15.0. The zero-order chi connectivity index (χ0) is 21.5. The van der Waals surface area contributed by atoms with Crippen LogP contribution in [0, 0.1) is 12.7 Å². The summed E-state index contributed by atoms with van der Waals surface area (Å²) in [5.74, 6) is -0.399. The van der Waals surface area contributed by atoms with Gasteiger partial charge in [0.1, 0.15) is 0 Å². The van der Waals surface area contributed by atoms with Crippen molar-refractivity contribution in [3.05, 3.63) is 53.6 Å². The van der Waals surface area contributed by atoms with E-state index in [1.165, 1.54) is 0 Å². The SMILES string of the molecule is COCCN1CCN(Cc2cccc(NC(=O)Nc3ccc(C)nc3)c2F)C[C@H]1C. The number of hydrogen-bond acceptors (Lipinski definition) is 5. The number of hydrogen-bond donors (Lipinski definition) is 2. The zero-order valence-electron chi connectivity index (χ0n) is 17.8. The molecule has 0 aliphatic carbocycles. The van der Waals surface area contributed by atoms with Crippen molar-refractivity contribution in [2.75, 3.05) is 50.5 Å². The number of nitrogens with one attached hydrogen (secondary N) is 2. The number of aryl methyl sites for hydroxylation is 1. The third-order valence-electron chi connectivity index (χ3n) is 5.32. The van der Waals surface area contributed by atoms with Crippen LogP contribution in [-0.4, -0.2) is 66.8 Å². The monoisotopic (exact) mass is 415 g/mol. The van der Waals surface area contributed by atoms with Crippen LogP contribution in [0.25, 0.3) is 0 Å². The van der Waals surface area contributed by atoms with Crippen LogP contribution in [0.3, 0.4) is 0 Å². The Kier molecular flexibility index (Phi) is 7.73. The maximum Gasteiger partial charge on any atom is 0.323 e. The van der Waals surface area contributed by atoms with Crippen LogP contribution in [0.5, 0.6) is 0 Å². The molecule has 1 fully saturated rings. The minimum Gasteiger partial charge on any atom is -0.383 e. The van der Waals surface area contributed by atoms with Crippen molar-refractivity contribution in [3.8, 4) is 0 Å². The van der Waals surface area contributed by atoms with Gasteiger partial charge in [0.05, 0.1) is 24.2 Å². The molecule has 0 unspecified atom stereocenters. The smallest absolute Gasteiger partial charge is 0.323 e. The quantitative estimate of drug-likeness (QED) is 0.726. The molecule has 2 amide bonds. The normalized spacial score (nSPS) is 17.7. The lowest BCUT2D eigenvalue weighted by Gasteiger charge is -2.39. The van der Waals surface area contributed by atoms with Crippen LogP contribution >= 0.6 is 0 Å². The summed E-state index contributed by atoms with van der Waals surface area (Å²) in [7, 11) is 1.71. The Morgan fingerprint density at radius 3 is 2.80 bits per heavy atom. The van der Waals surface area contributed by atoms with Gasteiger partial charge in [-0.15, -0.1) is 0 Å². The predicted molar refractivity (Wildman–Crippen MR) is 116 cm³/mol. The summed E-state index contributed by atoms with van der Waals surface area (Å²) in [4.78, 5) is 21.0. The van der Waals surface area contributed by atoms with Gasteiger partial charge in [-0.05, 0) is 32.0 Å². The summed E-state index contributed by atoms with van der Waals surface area (Å²) >= 11 is 0. The topological polar surface area (TPSA) is 69.7 Å². The first-order chi connectivity index (χ1) is 14.5. The molecule has 8 heteroatoms. The lowest BCUT2D eigenvalue weighted by atomic mass is 10.1. The van der Waals surface area contributed by atoms with Crippen LogP contribution in [0.2, 0.25) is 0 Å². The Balaban J connectivity index is 1.58. The second-order valence-electron chi connectivity index (χ2n) is 7.66. The number of amides is 2. The largest absolute Gasteiger partial charge is 0.383 e. The highest BCUT2D eigenvalue weighted by Crippen LogP contribution is 2.21. The molecule has 0 bridgehead atoms. The van der Waals surface area contributed by atoms with Crippen molar-refractivity contribution >= 4 is 17.4 Å². The average Bonchev–Trinajstić information content (AvgIpc) is 2.72. The lowest BCUT2D eigenvalue weighted by molar-refractivity contribution is 0.0553. The number of ether oxygens (including phenoxy) is 1. The van der Waals surface area contributed by atoms with Gasteiger partial charge < -0.3 is 15.4 Å². The predicted octanol–water partition coefficient (Wildman–Crippen LogP) is 3.33. The van der Waals surface area contributed by atoms with Gasteiger partial charge in [0, 0.05) is 57.1 Å². The molecule has 30 heavy (non-hydrogen) atoms. The minimum absolute atomic E-state index is 0.164. The molecule has 3 rings (SSSR count). The summed E-state index contributed by atoms with van der Waals surface area (Å²) in [6.45, 7) is 8.84. The Morgan fingerprint density at radius 2 is 2.10 bits per heavy atom. The van der Waals surface area contributed by atoms with Crippen molar-refractivity contribution in [2.45, 2.75) is 26.4 Å². The van der Waals surface area contributed by atoms with Crippen LogP contribution in [-0.2, 0) is 11.3 Å². The fourth-order valence-corrected chi connectivity index (χ4v) is 3.62. The fourth-order valence-electron chi connectivity index (χ4n) is 3.62. The molecule has 1 atom stereocenters. The number of nitrogens with zero attached hydrogens (tertiary/aromatic N) is 3. The Bertz CT molecular complexity index is 846. The summed E-state index contributed by atoms with van der Waals surface area (Å²) in [6.07, 6.45) is 1.56. The number of piperazine rings is 1. The second kappa shape index (κ2) is 10.5. The van der Waals surface area contributed by atoms with E-state index in [2.05, 4.69) is 32.3 Å². The van der Waals surface area contributed by atoms with E-state index in [9.17, 15) is 4.79 Å². The molecular weight excluding hydrogens is 385 g/mol. The summed E-state index contributed by atoms with van der Waals surface area (Å²) in [6, 6.07) is 8.53. The third-order valence-corrected chi connectivity index (χ3v) is 5.32. The molecule has 2 heterocycles.